The van der Waals surface area contributed by atoms with Gasteiger partial charge in [0.15, 0.2) is 5.82 Å². The SMILES string of the molecule is C=C[C@@]1(c2ccc(Cl)cc2)CO[C@H](c2ccccc2)[C@H]1C(=O)c1nccn1C. The number of nitrogens with zero attached hydrogens (tertiary/aromatic N) is 2. The normalized spacial score (nSPS) is 24.2. The summed E-state index contributed by atoms with van der Waals surface area (Å²) in [6, 6.07) is 17.4. The van der Waals surface area contributed by atoms with Gasteiger partial charge < -0.3 is 9.30 Å². The van der Waals surface area contributed by atoms with Gasteiger partial charge in [0.1, 0.15) is 0 Å². The van der Waals surface area contributed by atoms with Gasteiger partial charge in [0.2, 0.25) is 5.78 Å². The van der Waals surface area contributed by atoms with Crippen LogP contribution in [0, 0.1) is 5.92 Å². The molecule has 0 aliphatic carbocycles. The summed E-state index contributed by atoms with van der Waals surface area (Å²) in [6.07, 6.45) is 4.86. The smallest absolute Gasteiger partial charge is 0.205 e. The molecule has 0 saturated carbocycles. The number of ketones is 1. The van der Waals surface area contributed by atoms with Crippen LogP contribution >= 0.6 is 11.6 Å². The lowest BCUT2D eigenvalue weighted by molar-refractivity contribution is 0.0689. The first-order valence-electron chi connectivity index (χ1n) is 9.14. The van der Waals surface area contributed by atoms with Gasteiger partial charge in [0.25, 0.3) is 0 Å². The molecular weight excluding hydrogens is 372 g/mol. The molecule has 2 aromatic carbocycles. The largest absolute Gasteiger partial charge is 0.371 e. The van der Waals surface area contributed by atoms with Crippen LogP contribution in [-0.2, 0) is 17.2 Å². The highest BCUT2D eigenvalue weighted by molar-refractivity contribution is 6.30. The molecule has 4 rings (SSSR count). The quantitative estimate of drug-likeness (QED) is 0.464. The number of aryl methyl sites for hydroxylation is 1. The van der Waals surface area contributed by atoms with Crippen LogP contribution in [0.1, 0.15) is 27.8 Å². The van der Waals surface area contributed by atoms with Crippen LogP contribution in [0.3, 0.4) is 0 Å². The first-order valence-corrected chi connectivity index (χ1v) is 9.52. The maximum Gasteiger partial charge on any atom is 0.205 e. The molecule has 1 aliphatic heterocycles. The third-order valence-electron chi connectivity index (χ3n) is 5.56. The molecule has 1 saturated heterocycles. The van der Waals surface area contributed by atoms with Crippen molar-refractivity contribution < 1.29 is 9.53 Å². The van der Waals surface area contributed by atoms with Gasteiger partial charge in [0.05, 0.1) is 18.6 Å². The number of hydrogen-bond acceptors (Lipinski definition) is 3. The predicted octanol–water partition coefficient (Wildman–Crippen LogP) is 4.77. The van der Waals surface area contributed by atoms with Crippen molar-refractivity contribution in [2.45, 2.75) is 11.5 Å². The van der Waals surface area contributed by atoms with Crippen molar-refractivity contribution >= 4 is 17.4 Å². The summed E-state index contributed by atoms with van der Waals surface area (Å²) in [6.45, 7) is 4.45. The number of imidazole rings is 1. The molecule has 3 aromatic rings. The van der Waals surface area contributed by atoms with E-state index in [1.165, 1.54) is 0 Å². The number of hydrogen-bond donors (Lipinski definition) is 0. The molecule has 5 heteroatoms. The molecule has 142 valence electrons. The van der Waals surface area contributed by atoms with Gasteiger partial charge in [-0.25, -0.2) is 4.98 Å². The second-order valence-corrected chi connectivity index (χ2v) is 7.53. The monoisotopic (exact) mass is 392 g/mol. The fraction of sp³-hybridized carbons (Fsp3) is 0.217. The zero-order valence-electron chi connectivity index (χ0n) is 15.6. The molecule has 0 amide bonds. The average Bonchev–Trinajstić information content (AvgIpc) is 3.33. The highest BCUT2D eigenvalue weighted by Gasteiger charge is 2.54. The minimum Gasteiger partial charge on any atom is -0.371 e. The van der Waals surface area contributed by atoms with E-state index in [2.05, 4.69) is 11.6 Å². The van der Waals surface area contributed by atoms with Crippen molar-refractivity contribution in [3.05, 3.63) is 102 Å². The average molecular weight is 393 g/mol. The minimum absolute atomic E-state index is 0.0614. The molecule has 3 atom stereocenters. The molecule has 1 fully saturated rings. The van der Waals surface area contributed by atoms with Crippen molar-refractivity contribution in [2.24, 2.45) is 13.0 Å². The third-order valence-corrected chi connectivity index (χ3v) is 5.81. The lowest BCUT2D eigenvalue weighted by Crippen LogP contribution is -2.39. The van der Waals surface area contributed by atoms with Gasteiger partial charge in [0, 0.05) is 29.9 Å². The highest BCUT2D eigenvalue weighted by Crippen LogP contribution is 2.50. The molecule has 1 aromatic heterocycles. The third kappa shape index (κ3) is 2.99. The van der Waals surface area contributed by atoms with E-state index in [0.717, 1.165) is 11.1 Å². The molecule has 0 radical (unpaired) electrons. The Hall–Kier alpha value is -2.69. The second kappa shape index (κ2) is 7.38. The summed E-state index contributed by atoms with van der Waals surface area (Å²) in [5.74, 6) is -0.139. The maximum absolute atomic E-state index is 13.7. The Bertz CT molecular complexity index is 997. The molecule has 2 heterocycles. The Morgan fingerprint density at radius 2 is 1.96 bits per heavy atom. The number of benzene rings is 2. The van der Waals surface area contributed by atoms with Crippen molar-refractivity contribution in [2.75, 3.05) is 6.61 Å². The lowest BCUT2D eigenvalue weighted by Gasteiger charge is -2.32. The van der Waals surface area contributed by atoms with Gasteiger partial charge in [-0.3, -0.25) is 4.79 Å². The first-order chi connectivity index (χ1) is 13.6. The van der Waals surface area contributed by atoms with E-state index in [1.54, 1.807) is 17.0 Å². The number of rotatable bonds is 5. The van der Waals surface area contributed by atoms with Crippen LogP contribution in [0.25, 0.3) is 0 Å². The standard InChI is InChI=1S/C23H21ClN2O2/c1-3-23(17-9-11-18(24)12-10-17)15-28-21(16-7-5-4-6-8-16)19(23)20(27)22-25-13-14-26(22)2/h3-14,19,21H,1,15H2,2H3/t19-,21-,23+/m1/s1. The van der Waals surface area contributed by atoms with E-state index < -0.39 is 11.3 Å². The van der Waals surface area contributed by atoms with Gasteiger partial charge in [-0.15, -0.1) is 6.58 Å². The number of aromatic nitrogens is 2. The summed E-state index contributed by atoms with van der Waals surface area (Å²) in [4.78, 5) is 18.0. The van der Waals surface area contributed by atoms with Crippen molar-refractivity contribution in [3.8, 4) is 0 Å². The molecule has 0 bridgehead atoms. The van der Waals surface area contributed by atoms with Gasteiger partial charge in [-0.2, -0.15) is 0 Å². The zero-order chi connectivity index (χ0) is 19.7. The van der Waals surface area contributed by atoms with E-state index in [1.807, 2.05) is 67.7 Å². The number of halogens is 1. The van der Waals surface area contributed by atoms with Crippen LogP contribution in [0.15, 0.2) is 79.6 Å². The summed E-state index contributed by atoms with van der Waals surface area (Å²) in [5.41, 5.74) is 1.25. The Balaban J connectivity index is 1.87. The molecule has 0 N–H and O–H groups in total. The first kappa shape index (κ1) is 18.7. The Kier molecular flexibility index (Phi) is 4.92. The number of Topliss-reactive ketones (excluding diaryl/α,β-unsaturated/α-hetero) is 1. The van der Waals surface area contributed by atoms with E-state index in [9.17, 15) is 4.79 Å². The number of ether oxygens (including phenoxy) is 1. The van der Waals surface area contributed by atoms with Crippen molar-refractivity contribution in [3.63, 3.8) is 0 Å². The lowest BCUT2D eigenvalue weighted by atomic mass is 9.67. The minimum atomic E-state index is -0.672. The van der Waals surface area contributed by atoms with Crippen molar-refractivity contribution in [1.29, 1.82) is 0 Å². The Labute approximate surface area is 169 Å². The van der Waals surface area contributed by atoms with Crippen LogP contribution in [-0.4, -0.2) is 21.9 Å². The van der Waals surface area contributed by atoms with Gasteiger partial charge in [-0.05, 0) is 23.3 Å². The van der Waals surface area contributed by atoms with Gasteiger partial charge in [-0.1, -0.05) is 60.1 Å². The number of carbonyl (C=O) groups excluding carboxylic acids is 1. The summed E-state index contributed by atoms with van der Waals surface area (Å²) >= 11 is 6.10. The summed E-state index contributed by atoms with van der Waals surface area (Å²) < 4.78 is 7.99. The summed E-state index contributed by atoms with van der Waals surface area (Å²) in [7, 11) is 1.82. The van der Waals surface area contributed by atoms with Crippen LogP contribution < -0.4 is 0 Å². The molecule has 28 heavy (non-hydrogen) atoms. The molecule has 0 unspecified atom stereocenters. The van der Waals surface area contributed by atoms with Crippen molar-refractivity contribution in [1.82, 2.24) is 9.55 Å². The van der Waals surface area contributed by atoms with E-state index in [0.29, 0.717) is 17.5 Å². The molecule has 4 nitrogen and oxygen atoms in total. The molecular formula is C23H21ClN2O2. The van der Waals surface area contributed by atoms with Crippen LogP contribution in [0.4, 0.5) is 0 Å². The van der Waals surface area contributed by atoms with E-state index in [-0.39, 0.29) is 11.9 Å². The Morgan fingerprint density at radius 3 is 2.57 bits per heavy atom. The van der Waals surface area contributed by atoms with Crippen LogP contribution in [0.2, 0.25) is 5.02 Å². The maximum atomic E-state index is 13.7. The van der Waals surface area contributed by atoms with E-state index >= 15 is 0 Å². The summed E-state index contributed by atoms with van der Waals surface area (Å²) in [5, 5.41) is 0.647. The molecule has 0 spiro atoms. The Morgan fingerprint density at radius 1 is 1.25 bits per heavy atom. The topological polar surface area (TPSA) is 44.1 Å². The fourth-order valence-electron chi connectivity index (χ4n) is 4.06. The fourth-order valence-corrected chi connectivity index (χ4v) is 4.18. The molecule has 1 aliphatic rings. The zero-order valence-corrected chi connectivity index (χ0v) is 16.3. The van der Waals surface area contributed by atoms with E-state index in [4.69, 9.17) is 16.3 Å². The highest BCUT2D eigenvalue weighted by atomic mass is 35.5. The van der Waals surface area contributed by atoms with Gasteiger partial charge >= 0.3 is 0 Å². The van der Waals surface area contributed by atoms with Crippen LogP contribution in [0.5, 0.6) is 0 Å². The number of carbonyl (C=O) groups is 1. The predicted molar refractivity (Wildman–Crippen MR) is 109 cm³/mol. The second-order valence-electron chi connectivity index (χ2n) is 7.10.